The molecule has 9 heteroatoms. The van der Waals surface area contributed by atoms with Crippen molar-refractivity contribution in [3.05, 3.63) is 59.3 Å². The van der Waals surface area contributed by atoms with Gasteiger partial charge in [-0.3, -0.25) is 4.79 Å². The maximum atomic E-state index is 14.7. The van der Waals surface area contributed by atoms with Crippen molar-refractivity contribution in [3.63, 3.8) is 0 Å². The first kappa shape index (κ1) is 18.1. The first-order valence-corrected chi connectivity index (χ1v) is 8.44. The highest BCUT2D eigenvalue weighted by Gasteiger charge is 2.54. The number of hydrogen-bond acceptors (Lipinski definition) is 4. The van der Waals surface area contributed by atoms with Crippen molar-refractivity contribution in [2.45, 2.75) is 25.5 Å². The SMILES string of the molecule is C[C@H](O)c1cccc2c1C(F)(F)C(=O)N2Cc1nn(C(=O)O)c2ccccc12. The fourth-order valence-corrected chi connectivity index (χ4v) is 3.56. The molecule has 1 aliphatic heterocycles. The van der Waals surface area contributed by atoms with Crippen molar-refractivity contribution in [2.24, 2.45) is 0 Å². The standard InChI is InChI=1S/C19H15F2N3O4/c1-10(25)11-6-4-8-15-16(11)19(20,21)17(26)23(15)9-13-12-5-2-3-7-14(12)24(22-13)18(27)28/h2-8,10,25H,9H2,1H3,(H,27,28)/t10-/m0/s1. The number of carboxylic acid groups (broad SMARTS) is 1. The number of hydrogen-bond donors (Lipinski definition) is 2. The number of nitrogens with zero attached hydrogens (tertiary/aromatic N) is 3. The van der Waals surface area contributed by atoms with Crippen LogP contribution < -0.4 is 4.90 Å². The van der Waals surface area contributed by atoms with E-state index in [4.69, 9.17) is 0 Å². The highest BCUT2D eigenvalue weighted by molar-refractivity contribution is 6.06. The van der Waals surface area contributed by atoms with Crippen LogP contribution in [0.2, 0.25) is 0 Å². The molecule has 2 N–H and O–H groups in total. The lowest BCUT2D eigenvalue weighted by molar-refractivity contribution is -0.141. The van der Waals surface area contributed by atoms with Gasteiger partial charge in [0.1, 0.15) is 0 Å². The number of fused-ring (bicyclic) bond motifs is 2. The molecule has 144 valence electrons. The molecule has 0 radical (unpaired) electrons. The molecule has 1 amide bonds. The number of carbonyl (C=O) groups is 2. The smallest absolute Gasteiger partial charge is 0.432 e. The molecule has 2 aromatic carbocycles. The van der Waals surface area contributed by atoms with Crippen LogP contribution in [0.15, 0.2) is 42.5 Å². The number of alkyl halides is 2. The van der Waals surface area contributed by atoms with Gasteiger partial charge in [0, 0.05) is 5.39 Å². The number of benzene rings is 2. The van der Waals surface area contributed by atoms with Crippen LogP contribution in [0.5, 0.6) is 0 Å². The van der Waals surface area contributed by atoms with E-state index in [0.29, 0.717) is 10.9 Å². The van der Waals surface area contributed by atoms with Gasteiger partial charge < -0.3 is 15.1 Å². The molecule has 0 saturated carbocycles. The number of aliphatic hydroxyl groups is 1. The van der Waals surface area contributed by atoms with Gasteiger partial charge in [0.15, 0.2) is 0 Å². The van der Waals surface area contributed by atoms with E-state index in [9.17, 15) is 28.6 Å². The molecular formula is C19H15F2N3O4. The Balaban J connectivity index is 1.85. The minimum atomic E-state index is -3.80. The van der Waals surface area contributed by atoms with Crippen LogP contribution in [-0.4, -0.2) is 32.0 Å². The van der Waals surface area contributed by atoms with Crippen molar-refractivity contribution in [3.8, 4) is 0 Å². The number of rotatable bonds is 3. The van der Waals surface area contributed by atoms with Crippen LogP contribution >= 0.6 is 0 Å². The number of para-hydroxylation sites is 1. The van der Waals surface area contributed by atoms with Crippen LogP contribution in [0.1, 0.15) is 29.8 Å². The van der Waals surface area contributed by atoms with Crippen molar-refractivity contribution < 1.29 is 28.6 Å². The first-order valence-electron chi connectivity index (χ1n) is 8.44. The summed E-state index contributed by atoms with van der Waals surface area (Å²) >= 11 is 0. The van der Waals surface area contributed by atoms with Gasteiger partial charge in [0.05, 0.1) is 35.1 Å². The zero-order valence-corrected chi connectivity index (χ0v) is 14.6. The molecule has 3 aromatic rings. The Kier molecular flexibility index (Phi) is 3.93. The van der Waals surface area contributed by atoms with E-state index in [-0.39, 0.29) is 23.5 Å². The summed E-state index contributed by atoms with van der Waals surface area (Å²) in [6, 6.07) is 10.7. The molecule has 1 atom stereocenters. The molecule has 7 nitrogen and oxygen atoms in total. The zero-order valence-electron chi connectivity index (χ0n) is 14.6. The molecule has 2 heterocycles. The number of aliphatic hydroxyl groups excluding tert-OH is 1. The third-order valence-electron chi connectivity index (χ3n) is 4.80. The summed E-state index contributed by atoms with van der Waals surface area (Å²) in [6.07, 6.45) is -2.50. The fourth-order valence-electron chi connectivity index (χ4n) is 3.56. The highest BCUT2D eigenvalue weighted by Crippen LogP contribution is 2.48. The third kappa shape index (κ3) is 2.47. The highest BCUT2D eigenvalue weighted by atomic mass is 19.3. The molecule has 0 fully saturated rings. The Morgan fingerprint density at radius 3 is 2.61 bits per heavy atom. The molecule has 1 aliphatic rings. The van der Waals surface area contributed by atoms with Crippen molar-refractivity contribution in [1.82, 2.24) is 9.78 Å². The maximum absolute atomic E-state index is 14.7. The van der Waals surface area contributed by atoms with Crippen molar-refractivity contribution in [2.75, 3.05) is 4.90 Å². The van der Waals surface area contributed by atoms with E-state index in [1.807, 2.05) is 0 Å². The minimum absolute atomic E-state index is 0.0256. The predicted octanol–water partition coefficient (Wildman–Crippen LogP) is 3.25. The normalized spacial score (nSPS) is 16.4. The van der Waals surface area contributed by atoms with Crippen LogP contribution in [0.4, 0.5) is 19.3 Å². The van der Waals surface area contributed by atoms with Gasteiger partial charge in [-0.05, 0) is 24.6 Å². The van der Waals surface area contributed by atoms with E-state index in [2.05, 4.69) is 5.10 Å². The van der Waals surface area contributed by atoms with Gasteiger partial charge >= 0.3 is 17.9 Å². The second-order valence-corrected chi connectivity index (χ2v) is 6.54. The van der Waals surface area contributed by atoms with E-state index < -0.39 is 29.6 Å². The van der Waals surface area contributed by atoms with Crippen LogP contribution in [-0.2, 0) is 17.3 Å². The Bertz CT molecular complexity index is 1120. The lowest BCUT2D eigenvalue weighted by Crippen LogP contribution is -2.34. The first-order chi connectivity index (χ1) is 13.2. The van der Waals surface area contributed by atoms with Gasteiger partial charge in [-0.1, -0.05) is 30.3 Å². The van der Waals surface area contributed by atoms with E-state index in [1.165, 1.54) is 25.1 Å². The minimum Gasteiger partial charge on any atom is -0.463 e. The summed E-state index contributed by atoms with van der Waals surface area (Å²) in [5.74, 6) is -5.24. The molecule has 0 spiro atoms. The predicted molar refractivity (Wildman–Crippen MR) is 95.3 cm³/mol. The number of aromatic nitrogens is 2. The topological polar surface area (TPSA) is 95.7 Å². The molecular weight excluding hydrogens is 372 g/mol. The second-order valence-electron chi connectivity index (χ2n) is 6.54. The average molecular weight is 387 g/mol. The van der Waals surface area contributed by atoms with E-state index in [1.54, 1.807) is 24.3 Å². The van der Waals surface area contributed by atoms with Gasteiger partial charge in [-0.15, -0.1) is 0 Å². The average Bonchev–Trinajstić information content (AvgIpc) is 3.11. The number of amides is 1. The van der Waals surface area contributed by atoms with Gasteiger partial charge in [0.25, 0.3) is 0 Å². The summed E-state index contributed by atoms with van der Waals surface area (Å²) in [4.78, 5) is 24.8. The summed E-state index contributed by atoms with van der Waals surface area (Å²) in [6.45, 7) is 1.02. The van der Waals surface area contributed by atoms with E-state index >= 15 is 0 Å². The van der Waals surface area contributed by atoms with Gasteiger partial charge in [-0.2, -0.15) is 18.6 Å². The molecule has 0 unspecified atom stereocenters. The summed E-state index contributed by atoms with van der Waals surface area (Å²) in [7, 11) is 0. The summed E-state index contributed by atoms with van der Waals surface area (Å²) in [5, 5.41) is 23.6. The molecule has 28 heavy (non-hydrogen) atoms. The second kappa shape index (κ2) is 6.10. The number of carbonyl (C=O) groups excluding carboxylic acids is 1. The molecule has 4 rings (SSSR count). The van der Waals surface area contributed by atoms with Crippen molar-refractivity contribution in [1.29, 1.82) is 0 Å². The fraction of sp³-hybridized carbons (Fsp3) is 0.211. The number of halogens is 2. The third-order valence-corrected chi connectivity index (χ3v) is 4.80. The monoisotopic (exact) mass is 387 g/mol. The lowest BCUT2D eigenvalue weighted by atomic mass is 9.98. The van der Waals surface area contributed by atoms with E-state index in [0.717, 1.165) is 9.58 Å². The van der Waals surface area contributed by atoms with Crippen LogP contribution in [0.25, 0.3) is 10.9 Å². The van der Waals surface area contributed by atoms with Crippen LogP contribution in [0.3, 0.4) is 0 Å². The molecule has 1 aromatic heterocycles. The lowest BCUT2D eigenvalue weighted by Gasteiger charge is -2.16. The maximum Gasteiger partial charge on any atom is 0.432 e. The molecule has 0 saturated heterocycles. The Morgan fingerprint density at radius 2 is 1.93 bits per heavy atom. The largest absolute Gasteiger partial charge is 0.463 e. The Labute approximate surface area is 157 Å². The number of anilines is 1. The van der Waals surface area contributed by atoms with Crippen molar-refractivity contribution >= 4 is 28.6 Å². The Hall–Kier alpha value is -3.33. The van der Waals surface area contributed by atoms with Gasteiger partial charge in [-0.25, -0.2) is 4.79 Å². The molecule has 0 aliphatic carbocycles. The quantitative estimate of drug-likeness (QED) is 0.719. The zero-order chi connectivity index (χ0) is 20.2. The van der Waals surface area contributed by atoms with Gasteiger partial charge in [0.2, 0.25) is 0 Å². The Morgan fingerprint density at radius 1 is 1.21 bits per heavy atom. The van der Waals surface area contributed by atoms with Crippen LogP contribution in [0, 0.1) is 0 Å². The summed E-state index contributed by atoms with van der Waals surface area (Å²) in [5.41, 5.74) is -0.114. The molecule has 0 bridgehead atoms. The summed E-state index contributed by atoms with van der Waals surface area (Å²) < 4.78 is 30.2.